The number of H-pyrrole nitrogens is 2. The first-order chi connectivity index (χ1) is 9.74. The molecule has 5 nitrogen and oxygen atoms in total. The fourth-order valence-electron chi connectivity index (χ4n) is 2.14. The molecule has 3 heterocycles. The molecule has 3 rings (SSSR count). The first-order valence-electron chi connectivity index (χ1n) is 6.42. The van der Waals surface area contributed by atoms with Gasteiger partial charge in [-0.3, -0.25) is 10.4 Å². The molecule has 0 fully saturated rings. The molecule has 0 radical (unpaired) electrons. The van der Waals surface area contributed by atoms with Crippen LogP contribution >= 0.6 is 0 Å². The van der Waals surface area contributed by atoms with E-state index < -0.39 is 0 Å². The van der Waals surface area contributed by atoms with Crippen molar-refractivity contribution in [2.45, 2.75) is 12.8 Å². The highest BCUT2D eigenvalue weighted by Crippen LogP contribution is 2.08. The zero-order valence-electron chi connectivity index (χ0n) is 11.0. The Hall–Kier alpha value is -2.69. The lowest BCUT2D eigenvalue weighted by Crippen LogP contribution is -2.17. The Morgan fingerprint density at radius 1 is 1.15 bits per heavy atom. The number of nitrogens with one attached hydrogen (secondary N) is 3. The van der Waals surface area contributed by atoms with Crippen LogP contribution in [-0.2, 0) is 0 Å². The number of pyridine rings is 1. The van der Waals surface area contributed by atoms with Crippen molar-refractivity contribution in [2.75, 3.05) is 0 Å². The van der Waals surface area contributed by atoms with Gasteiger partial charge in [0.25, 0.3) is 0 Å². The molecule has 3 N–H and O–H groups in total. The van der Waals surface area contributed by atoms with Gasteiger partial charge in [0.1, 0.15) is 5.84 Å². The molecule has 0 saturated heterocycles. The molecule has 2 aromatic heterocycles. The summed E-state index contributed by atoms with van der Waals surface area (Å²) in [6.45, 7) is 4.06. The van der Waals surface area contributed by atoms with Crippen molar-refractivity contribution in [2.24, 2.45) is 4.99 Å². The highest BCUT2D eigenvalue weighted by atomic mass is 15.1. The van der Waals surface area contributed by atoms with Gasteiger partial charge in [0.15, 0.2) is 0 Å². The van der Waals surface area contributed by atoms with Crippen LogP contribution in [0.25, 0.3) is 23.1 Å². The number of aromatic nitrogens is 3. The van der Waals surface area contributed by atoms with E-state index in [9.17, 15) is 0 Å². The summed E-state index contributed by atoms with van der Waals surface area (Å²) in [5.74, 6) is 0.429. The van der Waals surface area contributed by atoms with Crippen LogP contribution in [0.5, 0.6) is 0 Å². The average molecular weight is 265 g/mol. The molecule has 20 heavy (non-hydrogen) atoms. The first-order valence-corrected chi connectivity index (χ1v) is 6.42. The molecule has 0 aliphatic carbocycles. The molecule has 5 heteroatoms. The summed E-state index contributed by atoms with van der Waals surface area (Å²) in [4.78, 5) is 8.19. The second-order valence-electron chi connectivity index (χ2n) is 4.67. The maximum Gasteiger partial charge on any atom is 0.120 e. The predicted molar refractivity (Wildman–Crippen MR) is 81.7 cm³/mol. The summed E-state index contributed by atoms with van der Waals surface area (Å²) in [7, 11) is 0. The molecular formula is C15H15N5. The smallest absolute Gasteiger partial charge is 0.120 e. The molecule has 0 aromatic carbocycles. The van der Waals surface area contributed by atoms with Crippen molar-refractivity contribution in [3.05, 3.63) is 41.2 Å². The van der Waals surface area contributed by atoms with Gasteiger partial charge in [-0.15, -0.1) is 0 Å². The van der Waals surface area contributed by atoms with Gasteiger partial charge in [0.2, 0.25) is 0 Å². The number of fused-ring (bicyclic) bond motifs is 1. The van der Waals surface area contributed by atoms with E-state index in [-0.39, 0.29) is 0 Å². The third-order valence-corrected chi connectivity index (χ3v) is 3.30. The minimum absolute atomic E-state index is 0.429. The SMILES string of the molecule is C=c1ccc(=C2C=NC(=N)CC2)[nH][nH]c2ccncc12. The lowest BCUT2D eigenvalue weighted by molar-refractivity contribution is 1.01. The average Bonchev–Trinajstić information content (AvgIpc) is 2.47. The van der Waals surface area contributed by atoms with Crippen LogP contribution in [0, 0.1) is 5.41 Å². The van der Waals surface area contributed by atoms with Crippen molar-refractivity contribution in [1.29, 1.82) is 5.41 Å². The number of aromatic amines is 2. The van der Waals surface area contributed by atoms with Gasteiger partial charge in [0.05, 0.1) is 10.9 Å². The topological polar surface area (TPSA) is 80.7 Å². The third-order valence-electron chi connectivity index (χ3n) is 3.30. The van der Waals surface area contributed by atoms with E-state index in [1.807, 2.05) is 18.2 Å². The quantitative estimate of drug-likeness (QED) is 0.661. The van der Waals surface area contributed by atoms with Gasteiger partial charge in [0, 0.05) is 30.4 Å². The number of rotatable bonds is 0. The Bertz CT molecular complexity index is 852. The second-order valence-corrected chi connectivity index (χ2v) is 4.67. The van der Waals surface area contributed by atoms with Crippen molar-refractivity contribution >= 4 is 35.1 Å². The molecular weight excluding hydrogens is 250 g/mol. The minimum Gasteiger partial charge on any atom is -0.301 e. The molecule has 0 amide bonds. The standard InChI is InChI=1S/C15H15N5/c1-10-2-4-13(11-3-5-15(16)18-8-11)19-20-14-6-7-17-9-12(10)14/h2,4,6-9,16,19-20H,1,3,5H2. The van der Waals surface area contributed by atoms with Crippen molar-refractivity contribution in [3.8, 4) is 0 Å². The van der Waals surface area contributed by atoms with Gasteiger partial charge in [-0.05, 0) is 29.3 Å². The summed E-state index contributed by atoms with van der Waals surface area (Å²) in [5, 5.41) is 16.7. The number of hydrogen-bond acceptors (Lipinski definition) is 2. The fraction of sp³-hybridized carbons (Fsp3) is 0.133. The van der Waals surface area contributed by atoms with Gasteiger partial charge in [-0.1, -0.05) is 12.6 Å². The molecule has 0 spiro atoms. The number of hydrogen-bond donors (Lipinski definition) is 3. The Balaban J connectivity index is 2.30. The summed E-state index contributed by atoms with van der Waals surface area (Å²) >= 11 is 0. The minimum atomic E-state index is 0.429. The summed E-state index contributed by atoms with van der Waals surface area (Å²) in [6.07, 6.45) is 6.76. The van der Waals surface area contributed by atoms with Gasteiger partial charge < -0.3 is 10.2 Å². The lowest BCUT2D eigenvalue weighted by Gasteiger charge is -2.06. The number of nitrogens with zero attached hydrogens (tertiary/aromatic N) is 2. The van der Waals surface area contributed by atoms with Crippen LogP contribution in [-0.4, -0.2) is 27.2 Å². The van der Waals surface area contributed by atoms with Crippen LogP contribution in [0.15, 0.2) is 35.6 Å². The lowest BCUT2D eigenvalue weighted by atomic mass is 10.1. The molecule has 1 aliphatic rings. The molecule has 0 saturated carbocycles. The normalized spacial score (nSPS) is 17.3. The fourth-order valence-corrected chi connectivity index (χ4v) is 2.14. The Labute approximate surface area is 115 Å². The maximum atomic E-state index is 7.50. The van der Waals surface area contributed by atoms with E-state index in [0.717, 1.165) is 33.5 Å². The predicted octanol–water partition coefficient (Wildman–Crippen LogP) is 1.42. The van der Waals surface area contributed by atoms with Gasteiger partial charge in [-0.25, -0.2) is 4.99 Å². The molecule has 0 unspecified atom stereocenters. The van der Waals surface area contributed by atoms with E-state index in [1.165, 1.54) is 0 Å². The number of amidine groups is 1. The monoisotopic (exact) mass is 265 g/mol. The largest absolute Gasteiger partial charge is 0.301 e. The zero-order valence-corrected chi connectivity index (χ0v) is 11.0. The maximum absolute atomic E-state index is 7.50. The van der Waals surface area contributed by atoms with Crippen LogP contribution in [0.3, 0.4) is 0 Å². The van der Waals surface area contributed by atoms with Crippen molar-refractivity contribution in [1.82, 2.24) is 15.2 Å². The Morgan fingerprint density at radius 3 is 2.85 bits per heavy atom. The number of aliphatic imine (C=N–C) groups is 1. The highest BCUT2D eigenvalue weighted by Gasteiger charge is 2.05. The third kappa shape index (κ3) is 2.38. The molecule has 1 aliphatic heterocycles. The summed E-state index contributed by atoms with van der Waals surface area (Å²) in [5.41, 5.74) is 2.02. The Morgan fingerprint density at radius 2 is 2.05 bits per heavy atom. The molecule has 100 valence electrons. The van der Waals surface area contributed by atoms with E-state index in [1.54, 1.807) is 18.6 Å². The highest BCUT2D eigenvalue weighted by molar-refractivity contribution is 6.10. The van der Waals surface area contributed by atoms with E-state index in [2.05, 4.69) is 26.8 Å². The van der Waals surface area contributed by atoms with Gasteiger partial charge >= 0.3 is 0 Å². The van der Waals surface area contributed by atoms with Crippen LogP contribution in [0.2, 0.25) is 0 Å². The molecule has 0 bridgehead atoms. The van der Waals surface area contributed by atoms with E-state index in [0.29, 0.717) is 12.3 Å². The van der Waals surface area contributed by atoms with E-state index >= 15 is 0 Å². The van der Waals surface area contributed by atoms with Crippen LogP contribution < -0.4 is 10.6 Å². The molecule has 2 aromatic rings. The van der Waals surface area contributed by atoms with Crippen molar-refractivity contribution in [3.63, 3.8) is 0 Å². The zero-order chi connectivity index (χ0) is 13.9. The second kappa shape index (κ2) is 5.13. The van der Waals surface area contributed by atoms with Crippen molar-refractivity contribution < 1.29 is 0 Å². The van der Waals surface area contributed by atoms with Crippen LogP contribution in [0.4, 0.5) is 0 Å². The first kappa shape index (κ1) is 12.3. The van der Waals surface area contributed by atoms with Crippen LogP contribution in [0.1, 0.15) is 12.8 Å². The molecule has 0 atom stereocenters. The Kier molecular flexibility index (Phi) is 3.16. The summed E-state index contributed by atoms with van der Waals surface area (Å²) < 4.78 is 0. The van der Waals surface area contributed by atoms with Gasteiger partial charge in [-0.2, -0.15) is 0 Å². The summed E-state index contributed by atoms with van der Waals surface area (Å²) in [6, 6.07) is 5.84. The van der Waals surface area contributed by atoms with E-state index in [4.69, 9.17) is 5.41 Å².